The van der Waals surface area contributed by atoms with Gasteiger partial charge in [0.15, 0.2) is 5.41 Å². The molecule has 0 unspecified atom stereocenters. The average Bonchev–Trinajstić information content (AvgIpc) is 3.14. The molecule has 0 aliphatic heterocycles. The van der Waals surface area contributed by atoms with Gasteiger partial charge in [0.05, 0.1) is 18.7 Å². The molecule has 5 nitrogen and oxygen atoms in total. The molecule has 0 saturated carbocycles. The number of hydrogen-bond donors (Lipinski definition) is 1. The first-order chi connectivity index (χ1) is 13.9. The fourth-order valence-electron chi connectivity index (χ4n) is 3.83. The van der Waals surface area contributed by atoms with Gasteiger partial charge in [0, 0.05) is 30.4 Å². The Bertz CT molecular complexity index is 831. The zero-order valence-corrected chi connectivity index (χ0v) is 19.2. The van der Waals surface area contributed by atoms with Crippen LogP contribution in [-0.4, -0.2) is 31.3 Å². The van der Waals surface area contributed by atoms with Crippen LogP contribution in [0.3, 0.4) is 0 Å². The number of phenols is 1. The molecular weight excluding hydrogens is 436 g/mol. The van der Waals surface area contributed by atoms with Crippen molar-refractivity contribution < 1.29 is 24.2 Å². The number of esters is 2. The molecule has 0 amide bonds. The summed E-state index contributed by atoms with van der Waals surface area (Å²) in [7, 11) is 2.53. The molecule has 1 aromatic carbocycles. The molecule has 0 bridgehead atoms. The molecule has 2 rings (SSSR count). The molecule has 1 aliphatic rings. The minimum absolute atomic E-state index is 0.105. The predicted molar refractivity (Wildman–Crippen MR) is 115 cm³/mol. The van der Waals surface area contributed by atoms with E-state index in [0.29, 0.717) is 10.9 Å². The van der Waals surface area contributed by atoms with Gasteiger partial charge in [-0.05, 0) is 46.3 Å². The van der Waals surface area contributed by atoms with Crippen LogP contribution in [-0.2, 0) is 38.3 Å². The fourth-order valence-corrected chi connectivity index (χ4v) is 4.45. The van der Waals surface area contributed by atoms with Gasteiger partial charge in [-0.15, -0.1) is 0 Å². The summed E-state index contributed by atoms with van der Waals surface area (Å²) < 4.78 is 10.4. The van der Waals surface area contributed by atoms with Gasteiger partial charge in [0.2, 0.25) is 0 Å². The molecule has 6 heteroatoms. The Labute approximate surface area is 181 Å². The lowest BCUT2D eigenvalue weighted by molar-refractivity contribution is -0.168. The Morgan fingerprint density at radius 2 is 1.66 bits per heavy atom. The molecule has 0 saturated heterocycles. The molecule has 0 heterocycles. The van der Waals surface area contributed by atoms with Crippen LogP contribution >= 0.6 is 15.9 Å². The second kappa shape index (κ2) is 10.2. The number of methoxy groups -OCH3 is 2. The van der Waals surface area contributed by atoms with Crippen LogP contribution in [0.25, 0.3) is 0 Å². The summed E-state index contributed by atoms with van der Waals surface area (Å²) in [6.45, 7) is 4.20. The maximum Gasteiger partial charge on any atom is 0.323 e. The smallest absolute Gasteiger partial charge is 0.323 e. The minimum atomic E-state index is -1.45. The zero-order chi connectivity index (χ0) is 21.6. The summed E-state index contributed by atoms with van der Waals surface area (Å²) in [6.07, 6.45) is 5.62. The van der Waals surface area contributed by atoms with E-state index >= 15 is 0 Å². The minimum Gasteiger partial charge on any atom is -0.506 e. The van der Waals surface area contributed by atoms with Crippen molar-refractivity contribution in [3.8, 4) is 17.6 Å². The van der Waals surface area contributed by atoms with Gasteiger partial charge in [0.1, 0.15) is 5.75 Å². The van der Waals surface area contributed by atoms with Crippen LogP contribution in [0.4, 0.5) is 0 Å². The van der Waals surface area contributed by atoms with Gasteiger partial charge in [-0.3, -0.25) is 9.59 Å². The van der Waals surface area contributed by atoms with E-state index in [1.54, 1.807) is 0 Å². The van der Waals surface area contributed by atoms with Crippen LogP contribution in [0.2, 0.25) is 0 Å². The van der Waals surface area contributed by atoms with Gasteiger partial charge >= 0.3 is 11.9 Å². The number of fused-ring (bicyclic) bond motifs is 1. The van der Waals surface area contributed by atoms with E-state index in [1.165, 1.54) is 14.2 Å². The van der Waals surface area contributed by atoms with Crippen LogP contribution in [0.1, 0.15) is 68.2 Å². The van der Waals surface area contributed by atoms with Crippen molar-refractivity contribution in [2.24, 2.45) is 5.41 Å². The van der Waals surface area contributed by atoms with E-state index in [9.17, 15) is 14.7 Å². The van der Waals surface area contributed by atoms with Crippen LogP contribution < -0.4 is 0 Å². The summed E-state index contributed by atoms with van der Waals surface area (Å²) >= 11 is 3.49. The quantitative estimate of drug-likeness (QED) is 0.279. The summed E-state index contributed by atoms with van der Waals surface area (Å²) in [4.78, 5) is 25.3. The van der Waals surface area contributed by atoms with Gasteiger partial charge in [-0.25, -0.2) is 0 Å². The van der Waals surface area contributed by atoms with Crippen molar-refractivity contribution in [1.82, 2.24) is 0 Å². The van der Waals surface area contributed by atoms with Crippen LogP contribution in [0, 0.1) is 17.3 Å². The molecule has 0 spiro atoms. The first kappa shape index (κ1) is 23.3. The second-order valence-electron chi connectivity index (χ2n) is 7.40. The third kappa shape index (κ3) is 4.45. The van der Waals surface area contributed by atoms with Crippen LogP contribution in [0.5, 0.6) is 5.75 Å². The number of benzene rings is 1. The molecular formula is C23H29BrO5. The number of unbranched alkanes of at least 4 members (excludes halogenated alkanes) is 3. The van der Waals surface area contributed by atoms with Crippen molar-refractivity contribution in [2.45, 2.75) is 65.2 Å². The monoisotopic (exact) mass is 464 g/mol. The Kier molecular flexibility index (Phi) is 8.15. The van der Waals surface area contributed by atoms with E-state index in [4.69, 9.17) is 9.47 Å². The van der Waals surface area contributed by atoms with Crippen molar-refractivity contribution in [3.05, 3.63) is 26.7 Å². The van der Waals surface area contributed by atoms with E-state index in [1.807, 2.05) is 0 Å². The van der Waals surface area contributed by atoms with Crippen molar-refractivity contribution >= 4 is 27.9 Å². The Morgan fingerprint density at radius 1 is 1.07 bits per heavy atom. The molecule has 0 radical (unpaired) electrons. The molecule has 0 atom stereocenters. The van der Waals surface area contributed by atoms with Crippen molar-refractivity contribution in [1.29, 1.82) is 0 Å². The van der Waals surface area contributed by atoms with E-state index in [2.05, 4.69) is 41.6 Å². The molecule has 1 aromatic rings. The molecule has 1 aliphatic carbocycles. The summed E-state index contributed by atoms with van der Waals surface area (Å²) in [5, 5.41) is 10.9. The maximum absolute atomic E-state index is 12.6. The number of carbonyl (C=O) groups excluding carboxylic acids is 2. The molecule has 0 fully saturated rings. The first-order valence-corrected chi connectivity index (χ1v) is 10.9. The predicted octanol–water partition coefficient (Wildman–Crippen LogP) is 4.47. The zero-order valence-electron chi connectivity index (χ0n) is 17.6. The molecule has 0 aromatic heterocycles. The summed E-state index contributed by atoms with van der Waals surface area (Å²) in [5.41, 5.74) is 1.59. The lowest BCUT2D eigenvalue weighted by atomic mass is 9.84. The number of halogens is 1. The van der Waals surface area contributed by atoms with Gasteiger partial charge in [0.25, 0.3) is 0 Å². The third-order valence-electron chi connectivity index (χ3n) is 5.48. The number of aromatic hydroxyl groups is 1. The van der Waals surface area contributed by atoms with Crippen LogP contribution in [0.15, 0.2) is 4.47 Å². The van der Waals surface area contributed by atoms with E-state index in [-0.39, 0.29) is 18.6 Å². The third-order valence-corrected chi connectivity index (χ3v) is 6.34. The Morgan fingerprint density at radius 3 is 2.21 bits per heavy atom. The lowest BCUT2D eigenvalue weighted by Gasteiger charge is -2.22. The first-order valence-electron chi connectivity index (χ1n) is 10.1. The number of ether oxygens (including phenoxy) is 2. The fraction of sp³-hybridized carbons (Fsp3) is 0.565. The van der Waals surface area contributed by atoms with Crippen molar-refractivity contribution in [2.75, 3.05) is 14.2 Å². The SMILES string of the molecule is CCCCC#Cc1c(CCCC)c(O)c(Br)c2c1CC(C(=O)OC)(C(=O)OC)C2. The normalized spacial score (nSPS) is 14.0. The summed E-state index contributed by atoms with van der Waals surface area (Å²) in [6, 6.07) is 0. The van der Waals surface area contributed by atoms with E-state index in [0.717, 1.165) is 54.4 Å². The van der Waals surface area contributed by atoms with Gasteiger partial charge in [-0.1, -0.05) is 38.5 Å². The number of phenolic OH excluding ortho intramolecular Hbond substituents is 1. The lowest BCUT2D eigenvalue weighted by Crippen LogP contribution is -2.42. The highest BCUT2D eigenvalue weighted by molar-refractivity contribution is 9.10. The topological polar surface area (TPSA) is 72.8 Å². The number of hydrogen-bond acceptors (Lipinski definition) is 5. The highest BCUT2D eigenvalue weighted by atomic mass is 79.9. The summed E-state index contributed by atoms with van der Waals surface area (Å²) in [5.74, 6) is 5.32. The highest BCUT2D eigenvalue weighted by Crippen LogP contribution is 2.48. The Hall–Kier alpha value is -2.00. The highest BCUT2D eigenvalue weighted by Gasteiger charge is 2.54. The second-order valence-corrected chi connectivity index (χ2v) is 8.19. The van der Waals surface area contributed by atoms with E-state index < -0.39 is 17.4 Å². The number of rotatable bonds is 7. The standard InChI is InChI=1S/C23H29BrO5/c1-5-7-9-10-12-15-16(11-8-6-2)20(25)19(24)18-14-23(13-17(15)18,21(26)28-3)22(27)29-4/h25H,5-9,11,13-14H2,1-4H3. The molecule has 158 valence electrons. The largest absolute Gasteiger partial charge is 0.506 e. The average molecular weight is 465 g/mol. The molecule has 1 N–H and O–H groups in total. The van der Waals surface area contributed by atoms with Gasteiger partial charge in [-0.2, -0.15) is 0 Å². The van der Waals surface area contributed by atoms with Crippen molar-refractivity contribution in [3.63, 3.8) is 0 Å². The Balaban J connectivity index is 2.68. The maximum atomic E-state index is 12.6. The van der Waals surface area contributed by atoms with Gasteiger partial charge < -0.3 is 14.6 Å². The molecule has 29 heavy (non-hydrogen) atoms. The number of carbonyl (C=O) groups is 2.